The number of carbonyl (C=O) groups excluding carboxylic acids is 2. The Bertz CT molecular complexity index is 780. The first-order valence-corrected chi connectivity index (χ1v) is 9.38. The van der Waals surface area contributed by atoms with Crippen LogP contribution < -0.4 is 4.74 Å². The molecule has 1 aliphatic rings. The van der Waals surface area contributed by atoms with Gasteiger partial charge in [0.15, 0.2) is 6.61 Å². The van der Waals surface area contributed by atoms with Gasteiger partial charge in [-0.05, 0) is 43.7 Å². The Morgan fingerprint density at radius 2 is 1.64 bits per heavy atom. The van der Waals surface area contributed by atoms with Crippen LogP contribution in [0.15, 0.2) is 54.6 Å². The van der Waals surface area contributed by atoms with Gasteiger partial charge in [-0.3, -0.25) is 4.79 Å². The minimum atomic E-state index is -0.530. The summed E-state index contributed by atoms with van der Waals surface area (Å²) in [4.78, 5) is 26.1. The lowest BCUT2D eigenvalue weighted by Crippen LogP contribution is -2.49. The standard InChI is InChI=1S/C22H25NO5/c1-16-12-23(13-17(2)28-16)21(24)15-27-22(25)19-8-10-20(11-9-19)26-14-18-6-4-3-5-7-18/h3-11,16-17H,12-15H2,1-2H3/t16-,17-/m1/s1. The van der Waals surface area contributed by atoms with Crippen molar-refractivity contribution in [1.29, 1.82) is 0 Å². The van der Waals surface area contributed by atoms with Crippen LogP contribution in [0.4, 0.5) is 0 Å². The van der Waals surface area contributed by atoms with Crippen molar-refractivity contribution in [3.8, 4) is 5.75 Å². The quantitative estimate of drug-likeness (QED) is 0.718. The van der Waals surface area contributed by atoms with Crippen molar-refractivity contribution < 1.29 is 23.8 Å². The van der Waals surface area contributed by atoms with Crippen LogP contribution in [0, 0.1) is 0 Å². The fourth-order valence-corrected chi connectivity index (χ4v) is 3.11. The highest BCUT2D eigenvalue weighted by Crippen LogP contribution is 2.15. The van der Waals surface area contributed by atoms with Crippen molar-refractivity contribution >= 4 is 11.9 Å². The van der Waals surface area contributed by atoms with Gasteiger partial charge in [-0.2, -0.15) is 0 Å². The van der Waals surface area contributed by atoms with E-state index in [1.165, 1.54) is 0 Å². The minimum absolute atomic E-state index is 0.0215. The molecule has 1 aliphatic heterocycles. The summed E-state index contributed by atoms with van der Waals surface area (Å²) >= 11 is 0. The van der Waals surface area contributed by atoms with Crippen LogP contribution in [0.25, 0.3) is 0 Å². The molecular formula is C22H25NO5. The van der Waals surface area contributed by atoms with Gasteiger partial charge in [0, 0.05) is 13.1 Å². The van der Waals surface area contributed by atoms with Gasteiger partial charge in [0.25, 0.3) is 5.91 Å². The molecule has 0 unspecified atom stereocenters. The molecule has 0 N–H and O–H groups in total. The van der Waals surface area contributed by atoms with Crippen LogP contribution in [0.5, 0.6) is 5.75 Å². The van der Waals surface area contributed by atoms with Crippen LogP contribution in [-0.2, 0) is 20.9 Å². The predicted molar refractivity (Wildman–Crippen MR) is 104 cm³/mol. The number of hydrogen-bond acceptors (Lipinski definition) is 5. The average molecular weight is 383 g/mol. The molecule has 1 fully saturated rings. The van der Waals surface area contributed by atoms with E-state index in [0.29, 0.717) is 31.0 Å². The molecule has 2 aromatic rings. The van der Waals surface area contributed by atoms with Crippen LogP contribution in [0.2, 0.25) is 0 Å². The van der Waals surface area contributed by atoms with E-state index in [0.717, 1.165) is 5.56 Å². The van der Waals surface area contributed by atoms with Crippen molar-refractivity contribution in [2.45, 2.75) is 32.7 Å². The van der Waals surface area contributed by atoms with E-state index in [1.54, 1.807) is 29.2 Å². The van der Waals surface area contributed by atoms with Crippen molar-refractivity contribution in [3.05, 3.63) is 65.7 Å². The number of rotatable bonds is 6. The molecule has 1 heterocycles. The normalized spacial score (nSPS) is 19.1. The van der Waals surface area contributed by atoms with E-state index in [-0.39, 0.29) is 24.7 Å². The van der Waals surface area contributed by atoms with Gasteiger partial charge < -0.3 is 19.1 Å². The van der Waals surface area contributed by atoms with E-state index in [9.17, 15) is 9.59 Å². The average Bonchev–Trinajstić information content (AvgIpc) is 2.70. The number of ether oxygens (including phenoxy) is 3. The smallest absolute Gasteiger partial charge is 0.338 e. The first-order valence-electron chi connectivity index (χ1n) is 9.38. The fraction of sp³-hybridized carbons (Fsp3) is 0.364. The lowest BCUT2D eigenvalue weighted by molar-refractivity contribution is -0.146. The number of hydrogen-bond donors (Lipinski definition) is 0. The maximum absolute atomic E-state index is 12.3. The molecule has 0 aliphatic carbocycles. The molecule has 6 heteroatoms. The number of benzene rings is 2. The summed E-state index contributed by atoms with van der Waals surface area (Å²) in [6.45, 7) is 5.04. The Morgan fingerprint density at radius 1 is 1.00 bits per heavy atom. The maximum Gasteiger partial charge on any atom is 0.338 e. The van der Waals surface area contributed by atoms with Gasteiger partial charge in [-0.25, -0.2) is 4.79 Å². The largest absolute Gasteiger partial charge is 0.489 e. The van der Waals surface area contributed by atoms with Crippen LogP contribution in [0.3, 0.4) is 0 Å². The lowest BCUT2D eigenvalue weighted by atomic mass is 10.2. The fourth-order valence-electron chi connectivity index (χ4n) is 3.11. The molecule has 3 rings (SSSR count). The van der Waals surface area contributed by atoms with Gasteiger partial charge >= 0.3 is 5.97 Å². The molecule has 148 valence electrons. The lowest BCUT2D eigenvalue weighted by Gasteiger charge is -2.35. The Labute approximate surface area is 165 Å². The minimum Gasteiger partial charge on any atom is -0.489 e. The SMILES string of the molecule is C[C@@H]1CN(C(=O)COC(=O)c2ccc(OCc3ccccc3)cc2)C[C@@H](C)O1. The molecule has 0 bridgehead atoms. The molecule has 2 atom stereocenters. The van der Waals surface area contributed by atoms with E-state index >= 15 is 0 Å². The number of esters is 1. The van der Waals surface area contributed by atoms with Crippen molar-refractivity contribution in [1.82, 2.24) is 4.90 Å². The Morgan fingerprint density at radius 3 is 2.29 bits per heavy atom. The number of nitrogens with zero attached hydrogens (tertiary/aromatic N) is 1. The van der Waals surface area contributed by atoms with Crippen LogP contribution in [0.1, 0.15) is 29.8 Å². The summed E-state index contributed by atoms with van der Waals surface area (Å²) in [5.41, 5.74) is 1.44. The van der Waals surface area contributed by atoms with Gasteiger partial charge in [0.2, 0.25) is 0 Å². The highest BCUT2D eigenvalue weighted by atomic mass is 16.5. The van der Waals surface area contributed by atoms with E-state index in [2.05, 4.69) is 0 Å². The first-order chi connectivity index (χ1) is 13.5. The van der Waals surface area contributed by atoms with E-state index in [1.807, 2.05) is 44.2 Å². The molecule has 0 radical (unpaired) electrons. The van der Waals surface area contributed by atoms with Gasteiger partial charge in [-0.15, -0.1) is 0 Å². The van der Waals surface area contributed by atoms with E-state index < -0.39 is 5.97 Å². The number of carbonyl (C=O) groups is 2. The van der Waals surface area contributed by atoms with Crippen LogP contribution in [-0.4, -0.2) is 48.7 Å². The molecule has 0 aromatic heterocycles. The third kappa shape index (κ3) is 5.57. The summed E-state index contributed by atoms with van der Waals surface area (Å²) in [7, 11) is 0. The van der Waals surface area contributed by atoms with Crippen molar-refractivity contribution in [3.63, 3.8) is 0 Å². The summed E-state index contributed by atoms with van der Waals surface area (Å²) < 4.78 is 16.5. The summed E-state index contributed by atoms with van der Waals surface area (Å²) in [5, 5.41) is 0. The van der Waals surface area contributed by atoms with Gasteiger partial charge in [0.1, 0.15) is 12.4 Å². The van der Waals surface area contributed by atoms with Crippen molar-refractivity contribution in [2.24, 2.45) is 0 Å². The predicted octanol–water partition coefficient (Wildman–Crippen LogP) is 3.06. The molecule has 6 nitrogen and oxygen atoms in total. The zero-order valence-electron chi connectivity index (χ0n) is 16.2. The second-order valence-corrected chi connectivity index (χ2v) is 6.93. The Kier molecular flexibility index (Phi) is 6.66. The summed E-state index contributed by atoms with van der Waals surface area (Å²) in [6.07, 6.45) is -0.0429. The Hall–Kier alpha value is -2.86. The molecule has 1 saturated heterocycles. The van der Waals surface area contributed by atoms with Gasteiger partial charge in [-0.1, -0.05) is 30.3 Å². The zero-order chi connectivity index (χ0) is 19.9. The van der Waals surface area contributed by atoms with E-state index in [4.69, 9.17) is 14.2 Å². The van der Waals surface area contributed by atoms with Crippen molar-refractivity contribution in [2.75, 3.05) is 19.7 Å². The second kappa shape index (κ2) is 9.37. The summed E-state index contributed by atoms with van der Waals surface area (Å²) in [6, 6.07) is 16.5. The topological polar surface area (TPSA) is 65.1 Å². The molecule has 1 amide bonds. The first kappa shape index (κ1) is 19.9. The summed E-state index contributed by atoms with van der Waals surface area (Å²) in [5.74, 6) is -0.0803. The van der Waals surface area contributed by atoms with Gasteiger partial charge in [0.05, 0.1) is 17.8 Å². The molecular weight excluding hydrogens is 358 g/mol. The third-order valence-corrected chi connectivity index (χ3v) is 4.44. The van der Waals surface area contributed by atoms with Crippen LogP contribution >= 0.6 is 0 Å². The highest BCUT2D eigenvalue weighted by molar-refractivity contribution is 5.91. The number of morpholine rings is 1. The molecule has 0 saturated carbocycles. The molecule has 28 heavy (non-hydrogen) atoms. The third-order valence-electron chi connectivity index (χ3n) is 4.44. The zero-order valence-corrected chi connectivity index (χ0v) is 16.2. The second-order valence-electron chi connectivity index (χ2n) is 6.93. The molecule has 0 spiro atoms. The highest BCUT2D eigenvalue weighted by Gasteiger charge is 2.26. The molecule has 2 aromatic carbocycles. The monoisotopic (exact) mass is 383 g/mol. The maximum atomic E-state index is 12.3. The Balaban J connectivity index is 1.47. The number of amides is 1.